The number of benzene rings is 2. The molecule has 1 N–H and O–H groups in total. The van der Waals surface area contributed by atoms with E-state index in [1.807, 2.05) is 37.5 Å². The van der Waals surface area contributed by atoms with Crippen molar-refractivity contribution < 1.29 is 8.42 Å². The number of aromatic nitrogens is 5. The van der Waals surface area contributed by atoms with E-state index in [0.29, 0.717) is 22.5 Å². The first-order valence-electron chi connectivity index (χ1n) is 10.2. The highest BCUT2D eigenvalue weighted by atomic mass is 32.2. The second-order valence-electron chi connectivity index (χ2n) is 7.57. The van der Waals surface area contributed by atoms with E-state index in [0.717, 1.165) is 22.2 Å². The first kappa shape index (κ1) is 21.2. The molecule has 34 heavy (non-hydrogen) atoms. The Bertz CT molecular complexity index is 1670. The molecule has 0 aliphatic heterocycles. The van der Waals surface area contributed by atoms with Crippen LogP contribution in [0.25, 0.3) is 33.4 Å². The molecule has 0 bridgehead atoms. The third-order valence-corrected chi connectivity index (χ3v) is 6.56. The fourth-order valence-corrected chi connectivity index (χ4v) is 4.49. The van der Waals surface area contributed by atoms with Crippen LogP contribution in [0, 0.1) is 11.3 Å². The Kier molecular flexibility index (Phi) is 5.24. The minimum absolute atomic E-state index is 0.0563. The Morgan fingerprint density at radius 1 is 0.912 bits per heavy atom. The average Bonchev–Trinajstić information content (AvgIpc) is 3.29. The minimum Gasteiger partial charge on any atom is -0.278 e. The van der Waals surface area contributed by atoms with Gasteiger partial charge in [-0.1, -0.05) is 6.07 Å². The molecule has 0 radical (unpaired) electrons. The number of hydrogen-bond donors (Lipinski definition) is 1. The summed E-state index contributed by atoms with van der Waals surface area (Å²) in [6.45, 7) is 0. The number of rotatable bonds is 5. The molecule has 0 atom stereocenters. The van der Waals surface area contributed by atoms with Gasteiger partial charge in [0.25, 0.3) is 10.0 Å². The number of hydrogen-bond acceptors (Lipinski definition) is 7. The van der Waals surface area contributed by atoms with Crippen molar-refractivity contribution in [2.24, 2.45) is 7.05 Å². The van der Waals surface area contributed by atoms with Crippen molar-refractivity contribution in [3.8, 4) is 28.5 Å². The summed E-state index contributed by atoms with van der Waals surface area (Å²) in [5.74, 6) is 0. The van der Waals surface area contributed by atoms with Crippen LogP contribution in [0.3, 0.4) is 0 Å². The highest BCUT2D eigenvalue weighted by Gasteiger charge is 2.15. The maximum absolute atomic E-state index is 12.8. The molecule has 2 aromatic carbocycles. The van der Waals surface area contributed by atoms with Crippen LogP contribution in [0.15, 0.2) is 84.4 Å². The first-order valence-corrected chi connectivity index (χ1v) is 11.6. The van der Waals surface area contributed by atoms with Crippen molar-refractivity contribution in [2.75, 3.05) is 4.72 Å². The van der Waals surface area contributed by atoms with E-state index in [1.165, 1.54) is 30.5 Å². The molecule has 0 amide bonds. The molecule has 0 saturated carbocycles. The lowest BCUT2D eigenvalue weighted by Crippen LogP contribution is -2.13. The molecule has 10 heteroatoms. The van der Waals surface area contributed by atoms with Crippen LogP contribution in [-0.2, 0) is 17.1 Å². The summed E-state index contributed by atoms with van der Waals surface area (Å²) in [5, 5.41) is 13.1. The predicted molar refractivity (Wildman–Crippen MR) is 127 cm³/mol. The summed E-state index contributed by atoms with van der Waals surface area (Å²) >= 11 is 0. The maximum Gasteiger partial charge on any atom is 0.261 e. The normalized spacial score (nSPS) is 11.3. The molecular formula is C24H17N7O2S. The monoisotopic (exact) mass is 467 g/mol. The lowest BCUT2D eigenvalue weighted by molar-refractivity contribution is 0.601. The summed E-state index contributed by atoms with van der Waals surface area (Å²) in [4.78, 5) is 13.4. The number of nitrogens with zero attached hydrogens (tertiary/aromatic N) is 6. The number of nitriles is 1. The molecule has 3 heterocycles. The topological polar surface area (TPSA) is 126 Å². The second kappa shape index (κ2) is 8.38. The predicted octanol–water partition coefficient (Wildman–Crippen LogP) is 3.76. The summed E-state index contributed by atoms with van der Waals surface area (Å²) in [6.07, 6.45) is 8.39. The number of sulfonamides is 1. The van der Waals surface area contributed by atoms with Gasteiger partial charge in [0.15, 0.2) is 0 Å². The van der Waals surface area contributed by atoms with Crippen molar-refractivity contribution in [3.05, 3.63) is 85.1 Å². The number of nitrogens with one attached hydrogen (secondary N) is 1. The molecule has 166 valence electrons. The molecule has 3 aromatic heterocycles. The van der Waals surface area contributed by atoms with Gasteiger partial charge >= 0.3 is 0 Å². The van der Waals surface area contributed by atoms with Crippen molar-refractivity contribution >= 4 is 26.7 Å². The summed E-state index contributed by atoms with van der Waals surface area (Å²) in [6, 6.07) is 15.0. The zero-order valence-corrected chi connectivity index (χ0v) is 18.7. The van der Waals surface area contributed by atoms with Crippen LogP contribution in [0.4, 0.5) is 5.69 Å². The number of anilines is 1. The molecule has 0 unspecified atom stereocenters. The van der Waals surface area contributed by atoms with Gasteiger partial charge in [-0.2, -0.15) is 10.4 Å². The fourth-order valence-electron chi connectivity index (χ4n) is 3.46. The van der Waals surface area contributed by atoms with Crippen LogP contribution in [0.2, 0.25) is 0 Å². The van der Waals surface area contributed by atoms with Gasteiger partial charge in [-0.15, -0.1) is 0 Å². The summed E-state index contributed by atoms with van der Waals surface area (Å²) < 4.78 is 29.7. The van der Waals surface area contributed by atoms with Gasteiger partial charge in [-0.05, 0) is 48.0 Å². The summed E-state index contributed by atoms with van der Waals surface area (Å²) in [5.41, 5.74) is 5.24. The van der Waals surface area contributed by atoms with Crippen LogP contribution in [0.5, 0.6) is 0 Å². The Hall–Kier alpha value is -4.62. The van der Waals surface area contributed by atoms with Gasteiger partial charge in [-0.3, -0.25) is 19.4 Å². The Balaban J connectivity index is 1.46. The minimum atomic E-state index is -3.84. The highest BCUT2D eigenvalue weighted by Crippen LogP contribution is 2.27. The fraction of sp³-hybridized carbons (Fsp3) is 0.0417. The number of fused-ring (bicyclic) bond motifs is 1. The van der Waals surface area contributed by atoms with E-state index in [2.05, 4.69) is 19.8 Å². The lowest BCUT2D eigenvalue weighted by atomic mass is 10.1. The van der Waals surface area contributed by atoms with Crippen molar-refractivity contribution in [3.63, 3.8) is 0 Å². The molecule has 0 aliphatic carbocycles. The average molecular weight is 468 g/mol. The van der Waals surface area contributed by atoms with E-state index >= 15 is 0 Å². The second-order valence-corrected chi connectivity index (χ2v) is 9.25. The molecule has 0 aliphatic rings. The Labute approximate surface area is 195 Å². The number of pyridine rings is 1. The third-order valence-electron chi connectivity index (χ3n) is 5.16. The van der Waals surface area contributed by atoms with E-state index in [9.17, 15) is 8.42 Å². The van der Waals surface area contributed by atoms with Gasteiger partial charge in [0.05, 0.1) is 57.5 Å². The third kappa shape index (κ3) is 4.20. The van der Waals surface area contributed by atoms with Crippen LogP contribution in [0.1, 0.15) is 5.56 Å². The molecule has 9 nitrogen and oxygen atoms in total. The zero-order chi connectivity index (χ0) is 23.7. The first-order chi connectivity index (χ1) is 16.4. The van der Waals surface area contributed by atoms with Crippen LogP contribution < -0.4 is 4.72 Å². The highest BCUT2D eigenvalue weighted by molar-refractivity contribution is 7.92. The van der Waals surface area contributed by atoms with Crippen molar-refractivity contribution in [1.82, 2.24) is 24.7 Å². The smallest absolute Gasteiger partial charge is 0.261 e. The Morgan fingerprint density at radius 2 is 1.74 bits per heavy atom. The van der Waals surface area contributed by atoms with Gasteiger partial charge in [0.2, 0.25) is 0 Å². The molecule has 0 saturated heterocycles. The largest absolute Gasteiger partial charge is 0.278 e. The molecule has 5 aromatic rings. The van der Waals surface area contributed by atoms with Crippen molar-refractivity contribution in [1.29, 1.82) is 5.26 Å². The number of aryl methyl sites for hydroxylation is 1. The van der Waals surface area contributed by atoms with Crippen LogP contribution >= 0.6 is 0 Å². The van der Waals surface area contributed by atoms with Gasteiger partial charge in [-0.25, -0.2) is 13.4 Å². The quantitative estimate of drug-likeness (QED) is 0.417. The van der Waals surface area contributed by atoms with Crippen LogP contribution in [-0.4, -0.2) is 33.2 Å². The van der Waals surface area contributed by atoms with E-state index < -0.39 is 10.0 Å². The van der Waals surface area contributed by atoms with E-state index in [4.69, 9.17) is 10.2 Å². The van der Waals surface area contributed by atoms with Gasteiger partial charge in [0.1, 0.15) is 0 Å². The standard InChI is InChI=1S/C24H17N7O2S/c1-31-15-19(12-28-31)24-14-27-22-7-4-17(9-23(22)29-24)18-8-20(13-26-11-18)30-34(32,33)21-5-2-16(10-25)3-6-21/h2-9,11-15,30H,1H3. The molecule has 0 spiro atoms. The van der Waals surface area contributed by atoms with Gasteiger partial charge < -0.3 is 0 Å². The van der Waals surface area contributed by atoms with Gasteiger partial charge in [0, 0.05) is 30.6 Å². The molecule has 5 rings (SSSR count). The lowest BCUT2D eigenvalue weighted by Gasteiger charge is -2.10. The van der Waals surface area contributed by atoms with E-state index in [-0.39, 0.29) is 4.90 Å². The molecule has 0 fully saturated rings. The van der Waals surface area contributed by atoms with Crippen molar-refractivity contribution in [2.45, 2.75) is 4.90 Å². The maximum atomic E-state index is 12.8. The summed E-state index contributed by atoms with van der Waals surface area (Å²) in [7, 11) is -2.00. The Morgan fingerprint density at radius 3 is 2.47 bits per heavy atom. The zero-order valence-electron chi connectivity index (χ0n) is 17.9. The molecular weight excluding hydrogens is 450 g/mol. The van der Waals surface area contributed by atoms with E-state index in [1.54, 1.807) is 29.3 Å². The SMILES string of the molecule is Cn1cc(-c2cnc3ccc(-c4cncc(NS(=O)(=O)c5ccc(C#N)cc5)c4)cc3n2)cn1.